The first kappa shape index (κ1) is 8.43. The third-order valence-corrected chi connectivity index (χ3v) is 2.05. The SMILES string of the molecule is Cc1ccc(C[S@](N)=O)cc1. The number of aryl methyl sites for hydroxylation is 1. The summed E-state index contributed by atoms with van der Waals surface area (Å²) in [5.74, 6) is 0.445. The Kier molecular flexibility index (Phi) is 2.79. The second-order valence-electron chi connectivity index (χ2n) is 2.51. The summed E-state index contributed by atoms with van der Waals surface area (Å²) in [6.45, 7) is 2.02. The Morgan fingerprint density at radius 3 is 2.36 bits per heavy atom. The molecule has 0 aliphatic carbocycles. The number of benzene rings is 1. The summed E-state index contributed by atoms with van der Waals surface area (Å²) >= 11 is 0. The van der Waals surface area contributed by atoms with Crippen molar-refractivity contribution in [1.29, 1.82) is 0 Å². The molecule has 1 aromatic rings. The normalized spacial score (nSPS) is 12.9. The maximum absolute atomic E-state index is 10.6. The molecule has 3 heteroatoms. The van der Waals surface area contributed by atoms with E-state index < -0.39 is 11.0 Å². The lowest BCUT2D eigenvalue weighted by molar-refractivity contribution is 0.684. The third-order valence-electron chi connectivity index (χ3n) is 1.43. The molecular weight excluding hydrogens is 158 g/mol. The van der Waals surface area contributed by atoms with E-state index in [-0.39, 0.29) is 0 Å². The molecule has 0 saturated carbocycles. The molecule has 60 valence electrons. The largest absolute Gasteiger partial charge is 0.252 e. The zero-order chi connectivity index (χ0) is 8.27. The standard InChI is InChI=1S/C8H11NOS/c1-7-2-4-8(5-3-7)6-11(9)10/h2-5H,6,9H2,1H3/t11-/m1/s1. The molecule has 0 heterocycles. The predicted octanol–water partition coefficient (Wildman–Crippen LogP) is 1.12. The third kappa shape index (κ3) is 2.82. The number of nitrogens with two attached hydrogens (primary N) is 1. The maximum atomic E-state index is 10.6. The number of hydrogen-bond acceptors (Lipinski definition) is 1. The van der Waals surface area contributed by atoms with Crippen molar-refractivity contribution in [2.75, 3.05) is 0 Å². The maximum Gasteiger partial charge on any atom is 0.0933 e. The quantitative estimate of drug-likeness (QED) is 0.708. The van der Waals surface area contributed by atoms with Gasteiger partial charge in [0, 0.05) is 0 Å². The Labute approximate surface area is 69.0 Å². The van der Waals surface area contributed by atoms with Crippen molar-refractivity contribution in [2.24, 2.45) is 5.14 Å². The second-order valence-corrected chi connectivity index (χ2v) is 3.56. The van der Waals surface area contributed by atoms with Gasteiger partial charge in [-0.3, -0.25) is 5.14 Å². The lowest BCUT2D eigenvalue weighted by Gasteiger charge is -1.97. The van der Waals surface area contributed by atoms with E-state index in [0.717, 1.165) is 5.56 Å². The highest BCUT2D eigenvalue weighted by molar-refractivity contribution is 7.81. The summed E-state index contributed by atoms with van der Waals surface area (Å²) < 4.78 is 10.6. The van der Waals surface area contributed by atoms with E-state index >= 15 is 0 Å². The molecular formula is C8H11NOS. The van der Waals surface area contributed by atoms with Gasteiger partial charge in [-0.15, -0.1) is 0 Å². The molecule has 11 heavy (non-hydrogen) atoms. The first-order valence-corrected chi connectivity index (χ1v) is 4.75. The van der Waals surface area contributed by atoms with Crippen molar-refractivity contribution in [3.05, 3.63) is 35.4 Å². The molecule has 2 nitrogen and oxygen atoms in total. The Morgan fingerprint density at radius 2 is 1.91 bits per heavy atom. The molecule has 2 N–H and O–H groups in total. The van der Waals surface area contributed by atoms with Crippen molar-refractivity contribution >= 4 is 11.0 Å². The highest BCUT2D eigenvalue weighted by atomic mass is 32.2. The molecule has 1 atom stereocenters. The molecule has 0 aliphatic rings. The van der Waals surface area contributed by atoms with Crippen LogP contribution in [0.2, 0.25) is 0 Å². The van der Waals surface area contributed by atoms with Crippen LogP contribution in [0.1, 0.15) is 11.1 Å². The van der Waals surface area contributed by atoms with E-state index in [1.807, 2.05) is 31.2 Å². The van der Waals surface area contributed by atoms with E-state index in [2.05, 4.69) is 0 Å². The van der Waals surface area contributed by atoms with E-state index in [1.165, 1.54) is 5.56 Å². The molecule has 0 unspecified atom stereocenters. The fourth-order valence-corrected chi connectivity index (χ4v) is 1.37. The molecule has 0 amide bonds. The lowest BCUT2D eigenvalue weighted by atomic mass is 10.2. The summed E-state index contributed by atoms with van der Waals surface area (Å²) in [4.78, 5) is 0. The average molecular weight is 169 g/mol. The molecule has 0 saturated heterocycles. The first-order chi connectivity index (χ1) is 5.18. The highest BCUT2D eigenvalue weighted by Crippen LogP contribution is 2.03. The molecule has 1 aromatic carbocycles. The molecule has 0 spiro atoms. The predicted molar refractivity (Wildman–Crippen MR) is 47.2 cm³/mol. The zero-order valence-corrected chi connectivity index (χ0v) is 7.23. The summed E-state index contributed by atoms with van der Waals surface area (Å²) in [5, 5.41) is 5.13. The average Bonchev–Trinajstić information content (AvgIpc) is 1.93. The van der Waals surface area contributed by atoms with E-state index in [0.29, 0.717) is 5.75 Å². The monoisotopic (exact) mass is 169 g/mol. The first-order valence-electron chi connectivity index (χ1n) is 3.37. The molecule has 1 rings (SSSR count). The van der Waals surface area contributed by atoms with Gasteiger partial charge < -0.3 is 0 Å². The molecule has 0 radical (unpaired) electrons. The highest BCUT2D eigenvalue weighted by Gasteiger charge is 1.94. The van der Waals surface area contributed by atoms with Crippen LogP contribution in [-0.2, 0) is 16.7 Å². The summed E-state index contributed by atoms with van der Waals surface area (Å²) in [6, 6.07) is 7.87. The van der Waals surface area contributed by atoms with Crippen LogP contribution in [0, 0.1) is 6.92 Å². The van der Waals surface area contributed by atoms with Gasteiger partial charge in [0.15, 0.2) is 0 Å². The van der Waals surface area contributed by atoms with Crippen LogP contribution < -0.4 is 5.14 Å². The number of rotatable bonds is 2. The Bertz CT molecular complexity index is 255. The Morgan fingerprint density at radius 1 is 1.36 bits per heavy atom. The van der Waals surface area contributed by atoms with Crippen LogP contribution >= 0.6 is 0 Å². The van der Waals surface area contributed by atoms with Gasteiger partial charge in [-0.2, -0.15) is 0 Å². The zero-order valence-electron chi connectivity index (χ0n) is 6.41. The fraction of sp³-hybridized carbons (Fsp3) is 0.250. The Hall–Kier alpha value is -0.670. The Balaban J connectivity index is 2.74. The van der Waals surface area contributed by atoms with Gasteiger partial charge >= 0.3 is 0 Å². The fourth-order valence-electron chi connectivity index (χ4n) is 0.849. The summed E-state index contributed by atoms with van der Waals surface area (Å²) in [7, 11) is -1.22. The van der Waals surface area contributed by atoms with Gasteiger partial charge in [-0.1, -0.05) is 29.8 Å². The van der Waals surface area contributed by atoms with Crippen LogP contribution in [-0.4, -0.2) is 4.21 Å². The van der Waals surface area contributed by atoms with Crippen molar-refractivity contribution in [2.45, 2.75) is 12.7 Å². The second kappa shape index (κ2) is 3.64. The van der Waals surface area contributed by atoms with Crippen LogP contribution in [0.3, 0.4) is 0 Å². The lowest BCUT2D eigenvalue weighted by Crippen LogP contribution is -2.04. The minimum Gasteiger partial charge on any atom is -0.252 e. The topological polar surface area (TPSA) is 43.1 Å². The van der Waals surface area contributed by atoms with Gasteiger partial charge in [-0.05, 0) is 12.5 Å². The van der Waals surface area contributed by atoms with Crippen LogP contribution in [0.5, 0.6) is 0 Å². The molecule has 0 aliphatic heterocycles. The van der Waals surface area contributed by atoms with Crippen molar-refractivity contribution in [1.82, 2.24) is 0 Å². The van der Waals surface area contributed by atoms with Gasteiger partial charge in [0.05, 0.1) is 16.7 Å². The van der Waals surface area contributed by atoms with Crippen molar-refractivity contribution in [3.8, 4) is 0 Å². The van der Waals surface area contributed by atoms with Gasteiger partial charge in [0.25, 0.3) is 0 Å². The van der Waals surface area contributed by atoms with Crippen LogP contribution in [0.25, 0.3) is 0 Å². The molecule has 0 aromatic heterocycles. The smallest absolute Gasteiger partial charge is 0.0933 e. The summed E-state index contributed by atoms with van der Waals surface area (Å²) in [5.41, 5.74) is 2.23. The van der Waals surface area contributed by atoms with Gasteiger partial charge in [-0.25, -0.2) is 4.21 Å². The van der Waals surface area contributed by atoms with E-state index in [1.54, 1.807) is 0 Å². The van der Waals surface area contributed by atoms with E-state index in [4.69, 9.17) is 5.14 Å². The van der Waals surface area contributed by atoms with Gasteiger partial charge in [0.2, 0.25) is 0 Å². The van der Waals surface area contributed by atoms with Crippen LogP contribution in [0.4, 0.5) is 0 Å². The molecule has 0 bridgehead atoms. The summed E-state index contributed by atoms with van der Waals surface area (Å²) in [6.07, 6.45) is 0. The minimum atomic E-state index is -1.22. The molecule has 0 fully saturated rings. The number of hydrogen-bond donors (Lipinski definition) is 1. The minimum absolute atomic E-state index is 0.445. The van der Waals surface area contributed by atoms with Crippen LogP contribution in [0.15, 0.2) is 24.3 Å². The van der Waals surface area contributed by atoms with Crippen molar-refractivity contribution < 1.29 is 4.21 Å². The van der Waals surface area contributed by atoms with Crippen molar-refractivity contribution in [3.63, 3.8) is 0 Å². The van der Waals surface area contributed by atoms with Gasteiger partial charge in [0.1, 0.15) is 0 Å². The van der Waals surface area contributed by atoms with E-state index in [9.17, 15) is 4.21 Å².